The molecule has 0 aliphatic carbocycles. The summed E-state index contributed by atoms with van der Waals surface area (Å²) in [6.45, 7) is 5.03. The smallest absolute Gasteiger partial charge is 0.319 e. The molecule has 0 aromatic heterocycles. The lowest BCUT2D eigenvalue weighted by molar-refractivity contribution is 0.0775. The molecule has 112 valence electrons. The Balaban J connectivity index is 2.32. The molecule has 0 aliphatic heterocycles. The van der Waals surface area contributed by atoms with E-state index in [0.29, 0.717) is 18.8 Å². The Morgan fingerprint density at radius 2 is 2.15 bits per heavy atom. The van der Waals surface area contributed by atoms with Crippen molar-refractivity contribution in [2.45, 2.75) is 26.4 Å². The van der Waals surface area contributed by atoms with Gasteiger partial charge in [0.15, 0.2) is 11.6 Å². The molecule has 5 nitrogen and oxygen atoms in total. The van der Waals surface area contributed by atoms with E-state index in [1.54, 1.807) is 0 Å². The number of nitrogens with one attached hydrogen (secondary N) is 2. The number of anilines is 1. The van der Waals surface area contributed by atoms with Crippen molar-refractivity contribution in [1.82, 2.24) is 5.32 Å². The predicted octanol–water partition coefficient (Wildman–Crippen LogP) is 2.77. The van der Waals surface area contributed by atoms with Crippen LogP contribution >= 0.6 is 0 Å². The van der Waals surface area contributed by atoms with Crippen molar-refractivity contribution >= 4 is 11.7 Å². The highest BCUT2D eigenvalue weighted by atomic mass is 19.1. The van der Waals surface area contributed by atoms with Gasteiger partial charge in [-0.2, -0.15) is 0 Å². The Morgan fingerprint density at radius 1 is 1.40 bits per heavy atom. The van der Waals surface area contributed by atoms with Crippen LogP contribution in [0, 0.1) is 5.82 Å². The van der Waals surface area contributed by atoms with E-state index in [-0.39, 0.29) is 17.9 Å². The molecule has 0 heterocycles. The molecule has 0 atom stereocenters. The standard InChI is InChI=1S/C14H21FN2O3/c1-10(2)20-8-4-7-16-14(18)17-11-5-6-12(15)13(9-11)19-3/h5-6,9-10H,4,7-8H2,1-3H3,(H2,16,17,18). The molecule has 2 N–H and O–H groups in total. The van der Waals surface area contributed by atoms with Gasteiger partial charge >= 0.3 is 6.03 Å². The van der Waals surface area contributed by atoms with Crippen molar-refractivity contribution in [1.29, 1.82) is 0 Å². The summed E-state index contributed by atoms with van der Waals surface area (Å²) in [4.78, 5) is 11.6. The molecule has 0 unspecified atom stereocenters. The van der Waals surface area contributed by atoms with Gasteiger partial charge in [-0.1, -0.05) is 0 Å². The normalized spacial score (nSPS) is 10.4. The molecule has 0 bridgehead atoms. The highest BCUT2D eigenvalue weighted by Gasteiger charge is 2.06. The number of rotatable bonds is 7. The number of carbonyl (C=O) groups excluding carboxylic acids is 1. The number of carbonyl (C=O) groups is 1. The minimum atomic E-state index is -0.468. The van der Waals surface area contributed by atoms with E-state index in [1.165, 1.54) is 25.3 Å². The van der Waals surface area contributed by atoms with Crippen molar-refractivity contribution in [3.63, 3.8) is 0 Å². The van der Waals surface area contributed by atoms with E-state index in [2.05, 4.69) is 10.6 Å². The van der Waals surface area contributed by atoms with E-state index >= 15 is 0 Å². The van der Waals surface area contributed by atoms with Crippen LogP contribution in [0.5, 0.6) is 5.75 Å². The SMILES string of the molecule is COc1cc(NC(=O)NCCCOC(C)C)ccc1F. The van der Waals surface area contributed by atoms with Crippen molar-refractivity contribution in [2.75, 3.05) is 25.6 Å². The van der Waals surface area contributed by atoms with E-state index in [0.717, 1.165) is 6.42 Å². The molecule has 0 radical (unpaired) electrons. The van der Waals surface area contributed by atoms with Crippen LogP contribution in [0.2, 0.25) is 0 Å². The number of urea groups is 1. The summed E-state index contributed by atoms with van der Waals surface area (Å²) in [5.74, 6) is -0.377. The first-order valence-corrected chi connectivity index (χ1v) is 6.53. The lowest BCUT2D eigenvalue weighted by Gasteiger charge is -2.10. The number of hydrogen-bond acceptors (Lipinski definition) is 3. The number of halogens is 1. The van der Waals surface area contributed by atoms with Gasteiger partial charge in [0.25, 0.3) is 0 Å². The van der Waals surface area contributed by atoms with Crippen LogP contribution in [0.3, 0.4) is 0 Å². The van der Waals surface area contributed by atoms with Gasteiger partial charge in [0.1, 0.15) is 0 Å². The average Bonchev–Trinajstić information content (AvgIpc) is 2.40. The zero-order valence-electron chi connectivity index (χ0n) is 12.0. The topological polar surface area (TPSA) is 59.6 Å². The Kier molecular flexibility index (Phi) is 6.79. The minimum absolute atomic E-state index is 0.0909. The van der Waals surface area contributed by atoms with Crippen molar-refractivity contribution in [3.8, 4) is 5.75 Å². The monoisotopic (exact) mass is 284 g/mol. The zero-order valence-corrected chi connectivity index (χ0v) is 12.0. The fourth-order valence-corrected chi connectivity index (χ4v) is 1.51. The Hall–Kier alpha value is -1.82. The first kappa shape index (κ1) is 16.2. The number of amides is 2. The van der Waals surface area contributed by atoms with Crippen molar-refractivity contribution in [2.24, 2.45) is 0 Å². The van der Waals surface area contributed by atoms with E-state index < -0.39 is 5.82 Å². The number of methoxy groups -OCH3 is 1. The maximum Gasteiger partial charge on any atom is 0.319 e. The molecule has 0 saturated carbocycles. The van der Waals surface area contributed by atoms with Gasteiger partial charge in [-0.25, -0.2) is 9.18 Å². The van der Waals surface area contributed by atoms with Crippen molar-refractivity contribution < 1.29 is 18.7 Å². The molecular weight excluding hydrogens is 263 g/mol. The first-order chi connectivity index (χ1) is 9.52. The van der Waals surface area contributed by atoms with Gasteiger partial charge in [-0.05, 0) is 32.4 Å². The molecule has 20 heavy (non-hydrogen) atoms. The van der Waals surface area contributed by atoms with Crippen LogP contribution < -0.4 is 15.4 Å². The molecular formula is C14H21FN2O3. The second kappa shape index (κ2) is 8.37. The van der Waals surface area contributed by atoms with Crippen LogP contribution in [0.15, 0.2) is 18.2 Å². The molecule has 1 aromatic rings. The summed E-state index contributed by atoms with van der Waals surface area (Å²) in [5.41, 5.74) is 0.471. The Bertz CT molecular complexity index is 438. The summed E-state index contributed by atoms with van der Waals surface area (Å²) in [6.07, 6.45) is 0.925. The van der Waals surface area contributed by atoms with Crippen LogP contribution in [-0.4, -0.2) is 32.4 Å². The lowest BCUT2D eigenvalue weighted by atomic mass is 10.3. The summed E-state index contributed by atoms with van der Waals surface area (Å²) in [5, 5.41) is 5.30. The summed E-state index contributed by atoms with van der Waals surface area (Å²) < 4.78 is 23.4. The molecule has 0 aliphatic rings. The largest absolute Gasteiger partial charge is 0.494 e. The van der Waals surface area contributed by atoms with Crippen LogP contribution in [0.4, 0.5) is 14.9 Å². The molecule has 6 heteroatoms. The third-order valence-corrected chi connectivity index (χ3v) is 2.47. The van der Waals surface area contributed by atoms with E-state index in [1.807, 2.05) is 13.8 Å². The fourth-order valence-electron chi connectivity index (χ4n) is 1.51. The van der Waals surface area contributed by atoms with Gasteiger partial charge in [-0.15, -0.1) is 0 Å². The Labute approximate surface area is 118 Å². The highest BCUT2D eigenvalue weighted by Crippen LogP contribution is 2.21. The maximum atomic E-state index is 13.2. The first-order valence-electron chi connectivity index (χ1n) is 6.53. The quantitative estimate of drug-likeness (QED) is 0.757. The molecule has 0 spiro atoms. The lowest BCUT2D eigenvalue weighted by Crippen LogP contribution is -2.30. The Morgan fingerprint density at radius 3 is 2.80 bits per heavy atom. The summed E-state index contributed by atoms with van der Waals surface area (Å²) in [6, 6.07) is 3.80. The van der Waals surface area contributed by atoms with Gasteiger partial charge < -0.3 is 20.1 Å². The maximum absolute atomic E-state index is 13.2. The van der Waals surface area contributed by atoms with Crippen molar-refractivity contribution in [3.05, 3.63) is 24.0 Å². The molecule has 1 aromatic carbocycles. The molecule has 2 amide bonds. The summed E-state index contributed by atoms with van der Waals surface area (Å²) >= 11 is 0. The summed E-state index contributed by atoms with van der Waals surface area (Å²) in [7, 11) is 1.37. The second-order valence-corrected chi connectivity index (χ2v) is 4.50. The second-order valence-electron chi connectivity index (χ2n) is 4.50. The molecule has 0 saturated heterocycles. The van der Waals surface area contributed by atoms with Crippen LogP contribution in [0.25, 0.3) is 0 Å². The van der Waals surface area contributed by atoms with Crippen LogP contribution in [0.1, 0.15) is 20.3 Å². The zero-order chi connectivity index (χ0) is 15.0. The van der Waals surface area contributed by atoms with Gasteiger partial charge in [0.05, 0.1) is 13.2 Å². The third-order valence-electron chi connectivity index (χ3n) is 2.47. The highest BCUT2D eigenvalue weighted by molar-refractivity contribution is 5.89. The fraction of sp³-hybridized carbons (Fsp3) is 0.500. The number of benzene rings is 1. The van der Waals surface area contributed by atoms with Gasteiger partial charge in [0.2, 0.25) is 0 Å². The van der Waals surface area contributed by atoms with Gasteiger partial charge in [0, 0.05) is 24.9 Å². The van der Waals surface area contributed by atoms with E-state index in [9.17, 15) is 9.18 Å². The number of hydrogen-bond donors (Lipinski definition) is 2. The third kappa shape index (κ3) is 5.88. The molecule has 1 rings (SSSR count). The number of ether oxygens (including phenoxy) is 2. The average molecular weight is 284 g/mol. The molecule has 0 fully saturated rings. The predicted molar refractivity (Wildman–Crippen MR) is 75.7 cm³/mol. The van der Waals surface area contributed by atoms with Crippen LogP contribution in [-0.2, 0) is 4.74 Å². The minimum Gasteiger partial charge on any atom is -0.494 e. The van der Waals surface area contributed by atoms with Gasteiger partial charge in [-0.3, -0.25) is 0 Å². The van der Waals surface area contributed by atoms with E-state index in [4.69, 9.17) is 9.47 Å².